The lowest BCUT2D eigenvalue weighted by atomic mass is 9.99. The van der Waals surface area contributed by atoms with Crippen LogP contribution >= 0.6 is 22.9 Å². The molecule has 2 N–H and O–H groups in total. The van der Waals surface area contributed by atoms with Gasteiger partial charge in [0.1, 0.15) is 10.3 Å². The van der Waals surface area contributed by atoms with Crippen molar-refractivity contribution in [1.29, 1.82) is 0 Å². The first kappa shape index (κ1) is 24.6. The van der Waals surface area contributed by atoms with E-state index in [1.165, 1.54) is 11.1 Å². The topological polar surface area (TPSA) is 107 Å². The summed E-state index contributed by atoms with van der Waals surface area (Å²) in [6.07, 6.45) is 1.39. The van der Waals surface area contributed by atoms with Gasteiger partial charge in [0.05, 0.1) is 0 Å². The third-order valence-corrected chi connectivity index (χ3v) is 9.21. The van der Waals surface area contributed by atoms with Crippen LogP contribution in [0.1, 0.15) is 17.5 Å². The van der Waals surface area contributed by atoms with Crippen molar-refractivity contribution in [1.82, 2.24) is 9.62 Å². The Balaban J connectivity index is 0.000000868. The van der Waals surface area contributed by atoms with Gasteiger partial charge in [-0.2, -0.15) is 4.72 Å². The Hall–Kier alpha value is -2.50. The van der Waals surface area contributed by atoms with Crippen molar-refractivity contribution in [2.75, 3.05) is 25.0 Å². The zero-order valence-electron chi connectivity index (χ0n) is 18.4. The maximum atomic E-state index is 13.0. The van der Waals surface area contributed by atoms with Gasteiger partial charge in [-0.1, -0.05) is 23.7 Å². The van der Waals surface area contributed by atoms with Crippen LogP contribution in [0.2, 0.25) is 5.02 Å². The lowest BCUT2D eigenvalue weighted by Crippen LogP contribution is -2.41. The Bertz CT molecular complexity index is 1340. The van der Waals surface area contributed by atoms with Crippen LogP contribution in [0.3, 0.4) is 0 Å². The Morgan fingerprint density at radius 1 is 1.15 bits per heavy atom. The number of nitrogens with one attached hydrogen (secondary N) is 1. The summed E-state index contributed by atoms with van der Waals surface area (Å²) in [6.45, 7) is 2.15. The van der Waals surface area contributed by atoms with Crippen molar-refractivity contribution in [3.63, 3.8) is 0 Å². The van der Waals surface area contributed by atoms with Crippen LogP contribution in [0.5, 0.6) is 0 Å². The second-order valence-corrected chi connectivity index (χ2v) is 11.7. The van der Waals surface area contributed by atoms with Gasteiger partial charge in [0.15, 0.2) is 0 Å². The molecule has 3 aromatic rings. The van der Waals surface area contributed by atoms with E-state index in [2.05, 4.69) is 28.8 Å². The van der Waals surface area contributed by atoms with Gasteiger partial charge < -0.3 is 14.9 Å². The molecule has 5 rings (SSSR count). The number of carboxylic acid groups (broad SMARTS) is 1. The average Bonchev–Trinajstić information content (AvgIpc) is 3.38. The molecule has 34 heavy (non-hydrogen) atoms. The van der Waals surface area contributed by atoms with E-state index in [9.17, 15) is 13.2 Å². The van der Waals surface area contributed by atoms with Crippen LogP contribution in [0.4, 0.5) is 5.69 Å². The molecule has 0 radical (unpaired) electrons. The summed E-state index contributed by atoms with van der Waals surface area (Å²) in [5, 5.41) is 8.26. The van der Waals surface area contributed by atoms with Gasteiger partial charge >= 0.3 is 0 Å². The summed E-state index contributed by atoms with van der Waals surface area (Å²) in [5.74, 6) is -0.208. The molecule has 0 spiro atoms. The molecule has 1 fully saturated rings. The molecule has 0 saturated carbocycles. The Labute approximate surface area is 206 Å². The molecule has 1 saturated heterocycles. The van der Waals surface area contributed by atoms with Gasteiger partial charge in [-0.25, -0.2) is 8.42 Å². The Kier molecular flexibility index (Phi) is 7.25. The normalized spacial score (nSPS) is 18.5. The van der Waals surface area contributed by atoms with E-state index in [4.69, 9.17) is 21.5 Å². The van der Waals surface area contributed by atoms with Crippen LogP contribution in [0.15, 0.2) is 46.7 Å². The summed E-state index contributed by atoms with van der Waals surface area (Å²) in [7, 11) is -1.71. The van der Waals surface area contributed by atoms with E-state index in [0.717, 1.165) is 46.6 Å². The number of nitrogens with zero attached hydrogens (tertiary/aromatic N) is 2. The third-order valence-electron chi connectivity index (χ3n) is 5.93. The minimum Gasteiger partial charge on any atom is -0.483 e. The minimum atomic E-state index is -3.81. The Morgan fingerprint density at radius 3 is 2.68 bits per heavy atom. The van der Waals surface area contributed by atoms with Crippen LogP contribution < -0.4 is 9.62 Å². The molecule has 8 nitrogen and oxygen atoms in total. The zero-order valence-corrected chi connectivity index (χ0v) is 20.8. The van der Waals surface area contributed by atoms with Crippen molar-refractivity contribution in [2.24, 2.45) is 0 Å². The quantitative estimate of drug-likeness (QED) is 0.510. The molecular formula is C23H24ClN3O5S2. The minimum absolute atomic E-state index is 0.189. The molecule has 1 atom stereocenters. The van der Waals surface area contributed by atoms with Crippen molar-refractivity contribution in [3.8, 4) is 0 Å². The van der Waals surface area contributed by atoms with E-state index in [-0.39, 0.29) is 16.6 Å². The molecule has 0 bridgehead atoms. The number of sulfonamides is 1. The predicted octanol–water partition coefficient (Wildman–Crippen LogP) is 3.33. The summed E-state index contributed by atoms with van der Waals surface area (Å²) in [6, 6.07) is 12.2. The van der Waals surface area contributed by atoms with Crippen LogP contribution in [-0.2, 0) is 32.6 Å². The van der Waals surface area contributed by atoms with Gasteiger partial charge in [-0.15, -0.1) is 11.3 Å². The molecular weight excluding hydrogens is 498 g/mol. The van der Waals surface area contributed by atoms with E-state index in [0.29, 0.717) is 18.0 Å². The second kappa shape index (κ2) is 10.0. The molecule has 11 heteroatoms. The fourth-order valence-corrected chi connectivity index (χ4v) is 7.17. The number of likely N-dealkylation sites (N-methyl/N-ethyl adjacent to an activating group) is 1. The van der Waals surface area contributed by atoms with Gasteiger partial charge in [-0.3, -0.25) is 9.59 Å². The van der Waals surface area contributed by atoms with Crippen LogP contribution in [0, 0.1) is 0 Å². The lowest BCUT2D eigenvalue weighted by Gasteiger charge is -2.26. The maximum absolute atomic E-state index is 13.0. The maximum Gasteiger partial charge on any atom is 0.290 e. The first-order valence-corrected chi connectivity index (χ1v) is 13.3. The highest BCUT2D eigenvalue weighted by Crippen LogP contribution is 2.32. The molecule has 0 unspecified atom stereocenters. The van der Waals surface area contributed by atoms with Gasteiger partial charge in [0.2, 0.25) is 5.91 Å². The smallest absolute Gasteiger partial charge is 0.290 e. The zero-order chi connectivity index (χ0) is 24.5. The molecule has 2 aliphatic heterocycles. The number of benzene rings is 2. The number of thiophene rings is 1. The van der Waals surface area contributed by atoms with Gasteiger partial charge in [0.25, 0.3) is 16.5 Å². The third kappa shape index (κ3) is 5.11. The Morgan fingerprint density at radius 2 is 1.91 bits per heavy atom. The van der Waals surface area contributed by atoms with E-state index < -0.39 is 16.1 Å². The molecule has 180 valence electrons. The first-order valence-electron chi connectivity index (χ1n) is 10.6. The molecule has 1 aromatic heterocycles. The molecule has 0 aliphatic carbocycles. The SMILES string of the molecule is CN1CCc2cc(N3CC[C@H](NS(=O)(=O)c4cc5ccc(Cl)cc5s4)C3=O)ccc2C1.O=CO. The molecule has 2 aliphatic rings. The number of halogens is 1. The average molecular weight is 522 g/mol. The molecule has 1 amide bonds. The van der Waals surface area contributed by atoms with Crippen molar-refractivity contribution >= 4 is 61.1 Å². The highest BCUT2D eigenvalue weighted by molar-refractivity contribution is 7.91. The van der Waals surface area contributed by atoms with Crippen molar-refractivity contribution < 1.29 is 23.1 Å². The first-order chi connectivity index (χ1) is 16.2. The largest absolute Gasteiger partial charge is 0.483 e. The van der Waals surface area contributed by atoms with E-state index >= 15 is 0 Å². The number of carbonyl (C=O) groups excluding carboxylic acids is 1. The number of anilines is 1. The summed E-state index contributed by atoms with van der Waals surface area (Å²) >= 11 is 7.17. The molecule has 3 heterocycles. The van der Waals surface area contributed by atoms with Gasteiger partial charge in [-0.05, 0) is 66.7 Å². The number of hydrogen-bond donors (Lipinski definition) is 2. The number of amides is 1. The number of carbonyl (C=O) groups is 2. The monoisotopic (exact) mass is 521 g/mol. The van der Waals surface area contributed by atoms with Gasteiger partial charge in [0, 0.05) is 35.0 Å². The summed E-state index contributed by atoms with van der Waals surface area (Å²) < 4.78 is 29.5. The summed E-state index contributed by atoms with van der Waals surface area (Å²) in [4.78, 5) is 25.4. The number of rotatable bonds is 4. The summed E-state index contributed by atoms with van der Waals surface area (Å²) in [5.41, 5.74) is 3.38. The lowest BCUT2D eigenvalue weighted by molar-refractivity contribution is -0.123. The standard InChI is InChI=1S/C22H22ClN3O3S2.CH2O2/c1-25-8-6-14-10-18(5-3-16(14)13-25)26-9-7-19(22(26)27)24-31(28,29)21-11-15-2-4-17(23)12-20(15)30-21;2-1-3/h2-5,10-12,19,24H,6-9,13H2,1H3;1H,(H,2,3)/t19-;/m0./s1. The predicted molar refractivity (Wildman–Crippen MR) is 133 cm³/mol. The molecule has 2 aromatic carbocycles. The van der Waals surface area contributed by atoms with Crippen molar-refractivity contribution in [2.45, 2.75) is 29.6 Å². The van der Waals surface area contributed by atoms with Crippen LogP contribution in [0.25, 0.3) is 10.1 Å². The van der Waals surface area contributed by atoms with Crippen molar-refractivity contribution in [3.05, 3.63) is 58.6 Å². The highest BCUT2D eigenvalue weighted by Gasteiger charge is 2.36. The number of fused-ring (bicyclic) bond motifs is 2. The second-order valence-electron chi connectivity index (χ2n) is 8.25. The van der Waals surface area contributed by atoms with E-state index in [1.807, 2.05) is 6.07 Å². The fraction of sp³-hybridized carbons (Fsp3) is 0.304. The number of hydrogen-bond acceptors (Lipinski definition) is 6. The highest BCUT2D eigenvalue weighted by atomic mass is 35.5. The van der Waals surface area contributed by atoms with E-state index in [1.54, 1.807) is 29.2 Å². The van der Waals surface area contributed by atoms with Crippen LogP contribution in [-0.4, -0.2) is 57.0 Å². The fourth-order valence-electron chi connectivity index (χ4n) is 4.25.